The van der Waals surface area contributed by atoms with Crippen molar-refractivity contribution in [2.45, 2.75) is 18.8 Å². The number of hydrogen-bond acceptors (Lipinski definition) is 3. The van der Waals surface area contributed by atoms with Crippen molar-refractivity contribution < 1.29 is 18.7 Å². The Hall–Kier alpha value is -1.89. The van der Waals surface area contributed by atoms with Gasteiger partial charge in [-0.15, -0.1) is 0 Å². The zero-order valence-electron chi connectivity index (χ0n) is 13.2. The van der Waals surface area contributed by atoms with Gasteiger partial charge in [0.2, 0.25) is 0 Å². The molecule has 1 aromatic rings. The van der Waals surface area contributed by atoms with Crippen molar-refractivity contribution in [1.29, 1.82) is 0 Å². The summed E-state index contributed by atoms with van der Waals surface area (Å²) in [6.07, 6.45) is -1.72. The monoisotopic (exact) mass is 327 g/mol. The number of benzene rings is 1. The molecule has 23 heavy (non-hydrogen) atoms. The van der Waals surface area contributed by atoms with Gasteiger partial charge in [0.1, 0.15) is 0 Å². The van der Waals surface area contributed by atoms with Crippen LogP contribution in [0.5, 0.6) is 0 Å². The number of anilines is 1. The highest BCUT2D eigenvalue weighted by Crippen LogP contribution is 2.33. The predicted octanol–water partition coefficient (Wildman–Crippen LogP) is 1.88. The van der Waals surface area contributed by atoms with E-state index < -0.39 is 19.0 Å². The number of amides is 2. The molecule has 0 fully saturated rings. The van der Waals surface area contributed by atoms with Gasteiger partial charge in [0.05, 0.1) is 13.2 Å². The van der Waals surface area contributed by atoms with Crippen LogP contribution in [0.15, 0.2) is 24.3 Å². The fourth-order valence-corrected chi connectivity index (χ4v) is 2.90. The first-order valence-electron chi connectivity index (χ1n) is 7.74. The summed E-state index contributed by atoms with van der Waals surface area (Å²) in [6.45, 7) is 0.178. The Morgan fingerprint density at radius 1 is 1.48 bits per heavy atom. The highest BCUT2D eigenvalue weighted by molar-refractivity contribution is 5.74. The van der Waals surface area contributed by atoms with Gasteiger partial charge in [-0.1, -0.05) is 18.2 Å². The van der Waals surface area contributed by atoms with Crippen LogP contribution >= 0.6 is 0 Å². The molecule has 1 aromatic carbocycles. The van der Waals surface area contributed by atoms with Gasteiger partial charge in [0.25, 0.3) is 6.43 Å². The second kappa shape index (κ2) is 8.10. The molecule has 1 atom stereocenters. The number of halogens is 2. The molecule has 2 rings (SSSR count). The summed E-state index contributed by atoms with van der Waals surface area (Å²) in [7, 11) is 2.03. The first-order valence-corrected chi connectivity index (χ1v) is 7.74. The van der Waals surface area contributed by atoms with Crippen LogP contribution < -0.4 is 10.2 Å². The molecule has 1 aliphatic rings. The molecule has 128 valence electrons. The summed E-state index contributed by atoms with van der Waals surface area (Å²) in [6, 6.07) is 7.45. The highest BCUT2D eigenvalue weighted by atomic mass is 19.3. The molecule has 1 unspecified atom stereocenters. The van der Waals surface area contributed by atoms with E-state index in [4.69, 9.17) is 5.11 Å². The number of carbonyl (C=O) groups is 1. The maximum absolute atomic E-state index is 12.5. The molecule has 1 aliphatic heterocycles. The van der Waals surface area contributed by atoms with Gasteiger partial charge in [-0.2, -0.15) is 0 Å². The Morgan fingerprint density at radius 2 is 2.22 bits per heavy atom. The number of hydrogen-bond donors (Lipinski definition) is 2. The number of nitrogens with zero attached hydrogens (tertiary/aromatic N) is 2. The predicted molar refractivity (Wildman–Crippen MR) is 85.1 cm³/mol. The number of aliphatic hydroxyl groups excluding tert-OH is 1. The number of carbonyl (C=O) groups excluding carboxylic acids is 1. The molecule has 2 amide bonds. The number of nitrogens with one attached hydrogen (secondary N) is 1. The van der Waals surface area contributed by atoms with Gasteiger partial charge in [-0.05, 0) is 18.1 Å². The topological polar surface area (TPSA) is 55.8 Å². The van der Waals surface area contributed by atoms with Crippen LogP contribution in [0.2, 0.25) is 0 Å². The minimum Gasteiger partial charge on any atom is -0.395 e. The molecule has 0 radical (unpaired) electrons. The molecule has 0 saturated carbocycles. The van der Waals surface area contributed by atoms with Crippen LogP contribution in [-0.2, 0) is 0 Å². The lowest BCUT2D eigenvalue weighted by molar-refractivity contribution is 0.0902. The molecule has 2 N–H and O–H groups in total. The third kappa shape index (κ3) is 4.54. The zero-order valence-corrected chi connectivity index (χ0v) is 13.2. The smallest absolute Gasteiger partial charge is 0.317 e. The normalized spacial score (nSPS) is 17.1. The van der Waals surface area contributed by atoms with Crippen molar-refractivity contribution in [3.63, 3.8) is 0 Å². The van der Waals surface area contributed by atoms with Crippen LogP contribution in [0.3, 0.4) is 0 Å². The van der Waals surface area contributed by atoms with Crippen LogP contribution in [0.25, 0.3) is 0 Å². The number of aliphatic hydroxyl groups is 1. The molecule has 0 saturated heterocycles. The fourth-order valence-electron chi connectivity index (χ4n) is 2.90. The first-order chi connectivity index (χ1) is 11.0. The molecule has 7 heteroatoms. The highest BCUT2D eigenvalue weighted by Gasteiger charge is 2.24. The van der Waals surface area contributed by atoms with Gasteiger partial charge < -0.3 is 20.2 Å². The van der Waals surface area contributed by atoms with Gasteiger partial charge in [0.15, 0.2) is 0 Å². The van der Waals surface area contributed by atoms with Gasteiger partial charge in [-0.25, -0.2) is 13.6 Å². The zero-order chi connectivity index (χ0) is 16.8. The lowest BCUT2D eigenvalue weighted by atomic mass is 9.90. The van der Waals surface area contributed by atoms with Crippen molar-refractivity contribution in [3.05, 3.63) is 29.8 Å². The van der Waals surface area contributed by atoms with Gasteiger partial charge in [0, 0.05) is 38.3 Å². The maximum atomic E-state index is 12.5. The summed E-state index contributed by atoms with van der Waals surface area (Å²) >= 11 is 0. The lowest BCUT2D eigenvalue weighted by Gasteiger charge is -2.33. The number of para-hydroxylation sites is 1. The molecular formula is C16H23F2N3O2. The maximum Gasteiger partial charge on any atom is 0.317 e. The van der Waals surface area contributed by atoms with Crippen LogP contribution in [0.1, 0.15) is 17.9 Å². The van der Waals surface area contributed by atoms with Crippen LogP contribution in [-0.4, -0.2) is 62.3 Å². The number of fused-ring (bicyclic) bond motifs is 1. The van der Waals surface area contributed by atoms with E-state index in [9.17, 15) is 13.6 Å². The van der Waals surface area contributed by atoms with Gasteiger partial charge in [-0.3, -0.25) is 0 Å². The number of rotatable bonds is 6. The molecule has 5 nitrogen and oxygen atoms in total. The molecule has 0 bridgehead atoms. The van der Waals surface area contributed by atoms with E-state index in [-0.39, 0.29) is 19.1 Å². The first kappa shape index (κ1) is 17.5. The SMILES string of the molecule is CN1CCC(CNC(=O)N(CCO)CC(F)F)c2ccccc21. The number of urea groups is 1. The molecule has 1 heterocycles. The Labute approximate surface area is 134 Å². The number of alkyl halides is 2. The molecular weight excluding hydrogens is 304 g/mol. The summed E-state index contributed by atoms with van der Waals surface area (Å²) in [5, 5.41) is 11.6. The summed E-state index contributed by atoms with van der Waals surface area (Å²) in [5.41, 5.74) is 2.29. The molecule has 0 spiro atoms. The largest absolute Gasteiger partial charge is 0.395 e. The lowest BCUT2D eigenvalue weighted by Crippen LogP contribution is -2.45. The van der Waals surface area contributed by atoms with E-state index in [1.807, 2.05) is 31.3 Å². The average molecular weight is 327 g/mol. The Morgan fingerprint density at radius 3 is 2.91 bits per heavy atom. The Kier molecular flexibility index (Phi) is 6.15. The molecule has 0 aliphatic carbocycles. The minimum atomic E-state index is -2.61. The second-order valence-electron chi connectivity index (χ2n) is 5.71. The summed E-state index contributed by atoms with van der Waals surface area (Å²) < 4.78 is 25.0. The Bertz CT molecular complexity index is 528. The van der Waals surface area contributed by atoms with Crippen LogP contribution in [0, 0.1) is 0 Å². The van der Waals surface area contributed by atoms with E-state index in [0.29, 0.717) is 6.54 Å². The average Bonchev–Trinajstić information content (AvgIpc) is 2.53. The third-order valence-electron chi connectivity index (χ3n) is 4.12. The fraction of sp³-hybridized carbons (Fsp3) is 0.562. The van der Waals surface area contributed by atoms with E-state index in [1.165, 1.54) is 0 Å². The summed E-state index contributed by atoms with van der Waals surface area (Å²) in [4.78, 5) is 15.2. The van der Waals surface area contributed by atoms with Crippen molar-refractivity contribution in [1.82, 2.24) is 10.2 Å². The standard InChI is InChI=1S/C16H23F2N3O2/c1-20-7-6-12(13-4-2-3-5-14(13)20)10-19-16(23)21(8-9-22)11-15(17)18/h2-5,12,15,22H,6-11H2,1H3,(H,19,23). The van der Waals surface area contributed by atoms with Crippen molar-refractivity contribution >= 4 is 11.7 Å². The van der Waals surface area contributed by atoms with Crippen molar-refractivity contribution in [2.24, 2.45) is 0 Å². The minimum absolute atomic E-state index is 0.0971. The quantitative estimate of drug-likeness (QED) is 0.839. The Balaban J connectivity index is 1.97. The summed E-state index contributed by atoms with van der Waals surface area (Å²) in [5.74, 6) is 0.161. The third-order valence-corrected chi connectivity index (χ3v) is 4.12. The molecule has 0 aromatic heterocycles. The second-order valence-corrected chi connectivity index (χ2v) is 5.71. The van der Waals surface area contributed by atoms with Gasteiger partial charge >= 0.3 is 6.03 Å². The van der Waals surface area contributed by atoms with Crippen molar-refractivity contribution in [3.8, 4) is 0 Å². The van der Waals surface area contributed by atoms with Crippen LogP contribution in [0.4, 0.5) is 19.3 Å². The van der Waals surface area contributed by atoms with Crippen molar-refractivity contribution in [2.75, 3.05) is 44.7 Å². The van der Waals surface area contributed by atoms with E-state index in [0.717, 1.165) is 29.1 Å². The van der Waals surface area contributed by atoms with E-state index >= 15 is 0 Å². The van der Waals surface area contributed by atoms with E-state index in [1.54, 1.807) is 0 Å². The van der Waals surface area contributed by atoms with E-state index in [2.05, 4.69) is 10.2 Å².